The van der Waals surface area contributed by atoms with Crippen LogP contribution in [0.25, 0.3) is 10.9 Å². The first-order valence-corrected chi connectivity index (χ1v) is 12.7. The minimum Gasteiger partial charge on any atom is -0.494 e. The average Bonchev–Trinajstić information content (AvgIpc) is 3.63. The van der Waals surface area contributed by atoms with Gasteiger partial charge in [0.05, 0.1) is 35.7 Å². The Balaban J connectivity index is 1.97. The van der Waals surface area contributed by atoms with Crippen LogP contribution >= 0.6 is 0 Å². The number of rotatable bonds is 6. The maximum absolute atomic E-state index is 16.1. The van der Waals surface area contributed by atoms with Crippen molar-refractivity contribution in [2.24, 2.45) is 0 Å². The Bertz CT molecular complexity index is 1240. The number of halogens is 1. The third-order valence-corrected chi connectivity index (χ3v) is 6.79. The summed E-state index contributed by atoms with van der Waals surface area (Å²) in [5.74, 6) is -1.21. The topological polar surface area (TPSA) is 95.9 Å². The van der Waals surface area contributed by atoms with Crippen LogP contribution < -0.4 is 15.5 Å². The van der Waals surface area contributed by atoms with Crippen LogP contribution in [0.5, 0.6) is 5.75 Å². The van der Waals surface area contributed by atoms with E-state index in [1.54, 1.807) is 27.7 Å². The highest BCUT2D eigenvalue weighted by Crippen LogP contribution is 2.47. The van der Waals surface area contributed by atoms with Crippen LogP contribution in [0.4, 0.5) is 9.18 Å². The molecule has 0 radical (unpaired) electrons. The van der Waals surface area contributed by atoms with E-state index in [1.807, 2.05) is 4.57 Å². The summed E-state index contributed by atoms with van der Waals surface area (Å²) in [5.41, 5.74) is -1.89. The van der Waals surface area contributed by atoms with Crippen molar-refractivity contribution in [2.45, 2.75) is 89.8 Å². The van der Waals surface area contributed by atoms with Crippen LogP contribution in [-0.4, -0.2) is 35.9 Å². The molecule has 36 heavy (non-hydrogen) atoms. The fourth-order valence-corrected chi connectivity index (χ4v) is 5.18. The van der Waals surface area contributed by atoms with Crippen molar-refractivity contribution in [1.82, 2.24) is 9.88 Å². The van der Waals surface area contributed by atoms with Gasteiger partial charge in [-0.15, -0.1) is 0 Å². The minimum atomic E-state index is -1.06. The first-order valence-electron chi connectivity index (χ1n) is 12.7. The fourth-order valence-electron chi connectivity index (χ4n) is 5.18. The van der Waals surface area contributed by atoms with E-state index in [-0.39, 0.29) is 34.9 Å². The SMILES string of the molecule is CCOC(=O)c1cn(C2CC2)c2c(OC)c(C3(NC(=O)OC(C)(C)C)CCCCC3)c(F)cc2c1=O. The zero-order valence-corrected chi connectivity index (χ0v) is 21.7. The van der Waals surface area contributed by atoms with E-state index in [4.69, 9.17) is 14.2 Å². The number of hydrogen-bond donors (Lipinski definition) is 1. The van der Waals surface area contributed by atoms with Crippen LogP contribution in [0.3, 0.4) is 0 Å². The number of carbonyl (C=O) groups excluding carboxylic acids is 2. The maximum atomic E-state index is 16.1. The van der Waals surface area contributed by atoms with Gasteiger partial charge in [0, 0.05) is 12.2 Å². The predicted octanol–water partition coefficient (Wildman–Crippen LogP) is 5.34. The number of hydrogen-bond acceptors (Lipinski definition) is 6. The van der Waals surface area contributed by atoms with Gasteiger partial charge in [0.15, 0.2) is 5.75 Å². The molecule has 1 amide bonds. The largest absolute Gasteiger partial charge is 0.494 e. The van der Waals surface area contributed by atoms with Crippen LogP contribution in [0, 0.1) is 5.82 Å². The number of fused-ring (bicyclic) bond motifs is 1. The van der Waals surface area contributed by atoms with Crippen molar-refractivity contribution in [1.29, 1.82) is 0 Å². The van der Waals surface area contributed by atoms with Crippen molar-refractivity contribution in [2.75, 3.05) is 13.7 Å². The number of pyridine rings is 1. The summed E-state index contributed by atoms with van der Waals surface area (Å²) in [6, 6.07) is 1.22. The molecule has 0 spiro atoms. The quantitative estimate of drug-likeness (QED) is 0.536. The number of nitrogens with one attached hydrogen (secondary N) is 1. The molecule has 1 N–H and O–H groups in total. The molecule has 9 heteroatoms. The first-order chi connectivity index (χ1) is 17.0. The first kappa shape index (κ1) is 26.0. The Morgan fingerprint density at radius 1 is 1.19 bits per heavy atom. The molecule has 0 atom stereocenters. The van der Waals surface area contributed by atoms with Gasteiger partial charge in [-0.1, -0.05) is 19.3 Å². The Morgan fingerprint density at radius 2 is 1.86 bits per heavy atom. The Morgan fingerprint density at radius 3 is 2.42 bits per heavy atom. The second-order valence-electron chi connectivity index (χ2n) is 10.7. The number of carbonyl (C=O) groups is 2. The van der Waals surface area contributed by atoms with Gasteiger partial charge in [-0.05, 0) is 59.4 Å². The van der Waals surface area contributed by atoms with Gasteiger partial charge in [-0.25, -0.2) is 14.0 Å². The number of ether oxygens (including phenoxy) is 3. The number of aromatic nitrogens is 1. The van der Waals surface area contributed by atoms with Gasteiger partial charge in [-0.2, -0.15) is 0 Å². The lowest BCUT2D eigenvalue weighted by atomic mass is 9.75. The van der Waals surface area contributed by atoms with Gasteiger partial charge in [0.1, 0.15) is 17.0 Å². The summed E-state index contributed by atoms with van der Waals surface area (Å²) in [5, 5.41) is 3.02. The van der Waals surface area contributed by atoms with Crippen LogP contribution in [0.2, 0.25) is 0 Å². The molecular weight excluding hydrogens is 467 g/mol. The smallest absolute Gasteiger partial charge is 0.408 e. The number of nitrogens with zero attached hydrogens (tertiary/aromatic N) is 1. The van der Waals surface area contributed by atoms with Crippen LogP contribution in [0.15, 0.2) is 17.1 Å². The van der Waals surface area contributed by atoms with E-state index >= 15 is 4.39 Å². The molecule has 196 valence electrons. The van der Waals surface area contributed by atoms with Crippen molar-refractivity contribution >= 4 is 23.0 Å². The molecule has 0 saturated heterocycles. The second-order valence-corrected chi connectivity index (χ2v) is 10.7. The highest BCUT2D eigenvalue weighted by molar-refractivity contribution is 5.96. The van der Waals surface area contributed by atoms with Crippen LogP contribution in [-0.2, 0) is 15.0 Å². The zero-order chi connectivity index (χ0) is 26.3. The molecular formula is C27H35FN2O6. The molecule has 4 rings (SSSR count). The summed E-state index contributed by atoms with van der Waals surface area (Å²) in [6.07, 6.45) is 6.11. The van der Waals surface area contributed by atoms with Crippen molar-refractivity contribution in [3.63, 3.8) is 0 Å². The Kier molecular flexibility index (Phi) is 7.03. The molecule has 1 heterocycles. The molecule has 2 fully saturated rings. The highest BCUT2D eigenvalue weighted by atomic mass is 19.1. The van der Waals surface area contributed by atoms with E-state index in [0.29, 0.717) is 18.4 Å². The van der Waals surface area contributed by atoms with E-state index < -0.39 is 34.4 Å². The third kappa shape index (κ3) is 4.92. The Hall–Kier alpha value is -3.10. The van der Waals surface area contributed by atoms with Crippen molar-refractivity contribution in [3.05, 3.63) is 39.4 Å². The van der Waals surface area contributed by atoms with Gasteiger partial charge >= 0.3 is 12.1 Å². The lowest BCUT2D eigenvalue weighted by Gasteiger charge is -2.40. The molecule has 2 aromatic rings. The van der Waals surface area contributed by atoms with E-state index in [1.165, 1.54) is 19.4 Å². The normalized spacial score (nSPS) is 17.5. The van der Waals surface area contributed by atoms with Gasteiger partial charge in [0.25, 0.3) is 0 Å². The lowest BCUT2D eigenvalue weighted by Crippen LogP contribution is -2.49. The lowest BCUT2D eigenvalue weighted by molar-refractivity contribution is 0.0414. The fraction of sp³-hybridized carbons (Fsp3) is 0.593. The van der Waals surface area contributed by atoms with E-state index in [2.05, 4.69) is 5.32 Å². The summed E-state index contributed by atoms with van der Waals surface area (Å²) < 4.78 is 34.3. The molecule has 1 aromatic carbocycles. The highest BCUT2D eigenvalue weighted by Gasteiger charge is 2.43. The maximum Gasteiger partial charge on any atom is 0.408 e. The number of amides is 1. The molecule has 2 saturated carbocycles. The molecule has 2 aliphatic carbocycles. The predicted molar refractivity (Wildman–Crippen MR) is 133 cm³/mol. The van der Waals surface area contributed by atoms with Crippen LogP contribution in [0.1, 0.15) is 94.6 Å². The molecule has 0 unspecified atom stereocenters. The average molecular weight is 503 g/mol. The summed E-state index contributed by atoms with van der Waals surface area (Å²) in [7, 11) is 1.43. The van der Waals surface area contributed by atoms with Gasteiger partial charge in [0.2, 0.25) is 5.43 Å². The minimum absolute atomic E-state index is 0.0498. The van der Waals surface area contributed by atoms with Gasteiger partial charge < -0.3 is 24.1 Å². The summed E-state index contributed by atoms with van der Waals surface area (Å²) in [6.45, 7) is 7.09. The van der Waals surface area contributed by atoms with E-state index in [9.17, 15) is 14.4 Å². The molecule has 2 aliphatic rings. The number of alkyl carbamates (subject to hydrolysis) is 1. The molecule has 0 bridgehead atoms. The molecule has 8 nitrogen and oxygen atoms in total. The second kappa shape index (κ2) is 9.75. The summed E-state index contributed by atoms with van der Waals surface area (Å²) in [4.78, 5) is 38.8. The zero-order valence-electron chi connectivity index (χ0n) is 21.7. The van der Waals surface area contributed by atoms with Crippen molar-refractivity contribution in [3.8, 4) is 5.75 Å². The van der Waals surface area contributed by atoms with Gasteiger partial charge in [-0.3, -0.25) is 4.79 Å². The molecule has 0 aliphatic heterocycles. The monoisotopic (exact) mass is 502 g/mol. The standard InChI is InChI=1S/C27H35FN2O6/c1-6-35-24(32)18-15-30(16-10-11-16)21-17(22(18)31)14-19(28)20(23(21)34-5)27(12-8-7-9-13-27)29-25(33)36-26(2,3)4/h14-16H,6-13H2,1-5H3,(H,29,33). The summed E-state index contributed by atoms with van der Waals surface area (Å²) >= 11 is 0. The number of benzene rings is 1. The number of esters is 1. The molecule has 1 aromatic heterocycles. The van der Waals surface area contributed by atoms with Crippen molar-refractivity contribution < 1.29 is 28.2 Å². The van der Waals surface area contributed by atoms with E-state index in [0.717, 1.165) is 32.1 Å². The Labute approximate surface area is 210 Å². The number of methoxy groups -OCH3 is 1. The third-order valence-electron chi connectivity index (χ3n) is 6.79.